The Balaban J connectivity index is 1.65. The zero-order valence-electron chi connectivity index (χ0n) is 15.8. The van der Waals surface area contributed by atoms with E-state index in [-0.39, 0.29) is 5.91 Å². The number of halogens is 2. The van der Waals surface area contributed by atoms with E-state index in [4.69, 9.17) is 33.9 Å². The second-order valence-electron chi connectivity index (χ2n) is 7.23. The van der Waals surface area contributed by atoms with E-state index in [2.05, 4.69) is 16.8 Å². The minimum Gasteiger partial charge on any atom is -0.397 e. The van der Waals surface area contributed by atoms with E-state index in [0.717, 1.165) is 47.2 Å². The summed E-state index contributed by atoms with van der Waals surface area (Å²) in [6.07, 6.45) is 4.23. The lowest BCUT2D eigenvalue weighted by Gasteiger charge is -2.19. The molecule has 0 aliphatic heterocycles. The van der Waals surface area contributed by atoms with Crippen LogP contribution in [0.25, 0.3) is 20.7 Å². The highest BCUT2D eigenvalue weighted by molar-refractivity contribution is 7.21. The van der Waals surface area contributed by atoms with E-state index in [1.807, 2.05) is 6.07 Å². The highest BCUT2D eigenvalue weighted by atomic mass is 35.5. The van der Waals surface area contributed by atoms with Gasteiger partial charge in [0.05, 0.1) is 5.69 Å². The summed E-state index contributed by atoms with van der Waals surface area (Å²) in [7, 11) is 0. The van der Waals surface area contributed by atoms with Crippen LogP contribution >= 0.6 is 45.9 Å². The fourth-order valence-corrected chi connectivity index (χ4v) is 6.33. The number of rotatable bonds is 3. The maximum atomic E-state index is 13.1. The number of carbonyl (C=O) groups excluding carboxylic acids is 1. The van der Waals surface area contributed by atoms with E-state index in [9.17, 15) is 4.79 Å². The molecule has 0 saturated heterocycles. The van der Waals surface area contributed by atoms with E-state index in [1.54, 1.807) is 29.5 Å². The summed E-state index contributed by atoms with van der Waals surface area (Å²) in [5, 5.41) is 6.72. The molecule has 30 heavy (non-hydrogen) atoms. The predicted molar refractivity (Wildman–Crippen MR) is 128 cm³/mol. The first-order valence-corrected chi connectivity index (χ1v) is 12.0. The van der Waals surface area contributed by atoms with Crippen LogP contribution in [0.4, 0.5) is 11.4 Å². The van der Waals surface area contributed by atoms with E-state index in [0.29, 0.717) is 26.3 Å². The number of aromatic nitrogens is 1. The molecule has 0 fully saturated rings. The maximum absolute atomic E-state index is 13.1. The first-order chi connectivity index (χ1) is 14.5. The van der Waals surface area contributed by atoms with Crippen molar-refractivity contribution >= 4 is 73.4 Å². The van der Waals surface area contributed by atoms with E-state index < -0.39 is 0 Å². The molecular formula is C22H17Cl2N3OS2. The molecule has 4 aromatic rings. The van der Waals surface area contributed by atoms with Crippen LogP contribution in [0.15, 0.2) is 35.7 Å². The molecule has 1 aliphatic carbocycles. The summed E-state index contributed by atoms with van der Waals surface area (Å²) in [4.78, 5) is 20.4. The van der Waals surface area contributed by atoms with Crippen LogP contribution in [0.1, 0.15) is 33.8 Å². The minimum atomic E-state index is -0.288. The normalized spacial score (nSPS) is 13.4. The Labute approximate surface area is 191 Å². The smallest absolute Gasteiger partial charge is 0.267 e. The van der Waals surface area contributed by atoms with Crippen molar-refractivity contribution in [3.8, 4) is 10.4 Å². The van der Waals surface area contributed by atoms with Crippen molar-refractivity contribution in [3.63, 3.8) is 0 Å². The molecule has 5 rings (SSSR count). The lowest BCUT2D eigenvalue weighted by molar-refractivity contribution is 0.103. The van der Waals surface area contributed by atoms with Crippen LogP contribution in [0.5, 0.6) is 0 Å². The molecule has 0 bridgehead atoms. The largest absolute Gasteiger partial charge is 0.397 e. The number of amides is 1. The summed E-state index contributed by atoms with van der Waals surface area (Å²) >= 11 is 15.1. The number of aryl methyl sites for hydroxylation is 1. The lowest BCUT2D eigenvalue weighted by Crippen LogP contribution is -2.12. The molecule has 0 saturated carbocycles. The molecule has 3 heterocycles. The molecular weight excluding hydrogens is 457 g/mol. The zero-order chi connectivity index (χ0) is 20.8. The summed E-state index contributed by atoms with van der Waals surface area (Å²) < 4.78 is 0. The third-order valence-electron chi connectivity index (χ3n) is 5.25. The number of hydrogen-bond acceptors (Lipinski definition) is 5. The Bertz CT molecular complexity index is 1260. The number of benzene rings is 1. The number of nitrogen functional groups attached to an aromatic ring is 1. The fourth-order valence-electron chi connectivity index (χ4n) is 3.98. The predicted octanol–water partition coefficient (Wildman–Crippen LogP) is 7.04. The van der Waals surface area contributed by atoms with E-state index in [1.165, 1.54) is 21.8 Å². The molecule has 1 aromatic carbocycles. The molecule has 8 heteroatoms. The zero-order valence-corrected chi connectivity index (χ0v) is 18.9. The molecule has 1 aliphatic rings. The van der Waals surface area contributed by atoms with Gasteiger partial charge in [0.1, 0.15) is 9.71 Å². The van der Waals surface area contributed by atoms with Crippen molar-refractivity contribution in [2.24, 2.45) is 0 Å². The van der Waals surface area contributed by atoms with Crippen molar-refractivity contribution in [1.29, 1.82) is 0 Å². The number of nitrogens with one attached hydrogen (secondary N) is 1. The number of nitrogens with two attached hydrogens (primary N) is 1. The van der Waals surface area contributed by atoms with Crippen LogP contribution in [-0.4, -0.2) is 10.9 Å². The molecule has 3 aromatic heterocycles. The average molecular weight is 474 g/mol. The molecule has 0 radical (unpaired) electrons. The van der Waals surface area contributed by atoms with Crippen LogP contribution in [0, 0.1) is 0 Å². The molecule has 152 valence electrons. The Morgan fingerprint density at radius 3 is 2.63 bits per heavy atom. The third-order valence-corrected chi connectivity index (χ3v) is 7.67. The van der Waals surface area contributed by atoms with Crippen LogP contribution in [0.2, 0.25) is 10.0 Å². The highest BCUT2D eigenvalue weighted by Crippen LogP contribution is 2.45. The number of nitrogens with zero attached hydrogens (tertiary/aromatic N) is 1. The number of pyridine rings is 1. The van der Waals surface area contributed by atoms with Gasteiger partial charge in [0.25, 0.3) is 5.91 Å². The Hall–Kier alpha value is -2.12. The molecule has 0 unspecified atom stereocenters. The number of fused-ring (bicyclic) bond motifs is 2. The van der Waals surface area contributed by atoms with Crippen molar-refractivity contribution in [2.45, 2.75) is 25.7 Å². The number of thiophene rings is 2. The van der Waals surface area contributed by atoms with Crippen molar-refractivity contribution in [1.82, 2.24) is 4.98 Å². The van der Waals surface area contributed by atoms with Gasteiger partial charge in [-0.2, -0.15) is 0 Å². The number of hydrogen-bond donors (Lipinski definition) is 2. The molecule has 0 spiro atoms. The Morgan fingerprint density at radius 1 is 1.13 bits per heavy atom. The van der Waals surface area contributed by atoms with Gasteiger partial charge in [0.2, 0.25) is 0 Å². The summed E-state index contributed by atoms with van der Waals surface area (Å²) in [5.41, 5.74) is 11.1. The van der Waals surface area contributed by atoms with Gasteiger partial charge in [-0.15, -0.1) is 22.7 Å². The summed E-state index contributed by atoms with van der Waals surface area (Å²) in [6.45, 7) is 0. The van der Waals surface area contributed by atoms with Crippen molar-refractivity contribution in [2.75, 3.05) is 11.1 Å². The number of carbonyl (C=O) groups is 1. The second-order valence-corrected chi connectivity index (χ2v) is 10.1. The van der Waals surface area contributed by atoms with Crippen LogP contribution < -0.4 is 11.1 Å². The van der Waals surface area contributed by atoms with Gasteiger partial charge in [-0.25, -0.2) is 4.98 Å². The SMILES string of the molecule is Nc1c(C(=O)Nc2cc(Cl)cc(Cl)c2)sc2nc3c(c(-c4cccs4)c12)CCCC3. The first-order valence-electron chi connectivity index (χ1n) is 9.56. The minimum absolute atomic E-state index is 0.288. The summed E-state index contributed by atoms with van der Waals surface area (Å²) in [6, 6.07) is 9.08. The summed E-state index contributed by atoms with van der Waals surface area (Å²) in [5.74, 6) is -0.288. The van der Waals surface area contributed by atoms with Gasteiger partial charge >= 0.3 is 0 Å². The standard InChI is InChI=1S/C22H17Cl2N3OS2/c23-11-8-12(24)10-13(9-11)26-21(28)20-19(25)18-17(16-6-3-7-29-16)14-4-1-2-5-15(14)27-22(18)30-20/h3,6-10H,1-2,4-5,25H2,(H,26,28). The van der Waals surface area contributed by atoms with E-state index >= 15 is 0 Å². The van der Waals surface area contributed by atoms with Gasteiger partial charge in [-0.05, 0) is 60.9 Å². The van der Waals surface area contributed by atoms with Gasteiger partial charge in [-0.1, -0.05) is 29.3 Å². The topological polar surface area (TPSA) is 68.0 Å². The first kappa shape index (κ1) is 19.8. The Kier molecular flexibility index (Phi) is 5.19. The van der Waals surface area contributed by atoms with Gasteiger partial charge in [0.15, 0.2) is 0 Å². The molecule has 1 amide bonds. The maximum Gasteiger partial charge on any atom is 0.267 e. The highest BCUT2D eigenvalue weighted by Gasteiger charge is 2.26. The van der Waals surface area contributed by atoms with Crippen molar-refractivity contribution < 1.29 is 4.79 Å². The molecule has 0 atom stereocenters. The quantitative estimate of drug-likeness (QED) is 0.335. The third kappa shape index (κ3) is 3.48. The second kappa shape index (κ2) is 7.85. The van der Waals surface area contributed by atoms with Gasteiger partial charge in [0, 0.05) is 37.3 Å². The van der Waals surface area contributed by atoms with Crippen molar-refractivity contribution in [3.05, 3.63) is 61.9 Å². The van der Waals surface area contributed by atoms with Gasteiger partial charge in [-0.3, -0.25) is 4.79 Å². The molecule has 3 N–H and O–H groups in total. The average Bonchev–Trinajstić information content (AvgIpc) is 3.34. The van der Waals surface area contributed by atoms with Crippen LogP contribution in [-0.2, 0) is 12.8 Å². The van der Waals surface area contributed by atoms with Gasteiger partial charge < -0.3 is 11.1 Å². The fraction of sp³-hybridized carbons (Fsp3) is 0.182. The number of anilines is 2. The monoisotopic (exact) mass is 473 g/mol. The van der Waals surface area contributed by atoms with Crippen LogP contribution in [0.3, 0.4) is 0 Å². The Morgan fingerprint density at radius 2 is 1.90 bits per heavy atom. The molecule has 4 nitrogen and oxygen atoms in total. The lowest BCUT2D eigenvalue weighted by atomic mass is 9.90.